The highest BCUT2D eigenvalue weighted by Crippen LogP contribution is 2.32. The number of benzene rings is 2. The average molecular weight is 431 g/mol. The molecule has 1 aliphatic rings. The molecule has 0 radical (unpaired) electrons. The minimum Gasteiger partial charge on any atom is -0.496 e. The first-order valence-corrected chi connectivity index (χ1v) is 11.7. The minimum atomic E-state index is -3.46. The summed E-state index contributed by atoms with van der Waals surface area (Å²) in [5.41, 5.74) is 0.736. The molecule has 1 amide bonds. The number of amides is 1. The van der Waals surface area contributed by atoms with Crippen LogP contribution >= 0.6 is 11.3 Å². The lowest BCUT2D eigenvalue weighted by Gasteiger charge is -2.30. The van der Waals surface area contributed by atoms with E-state index in [1.807, 2.05) is 36.4 Å². The molecule has 1 aliphatic heterocycles. The molecule has 8 heteroatoms. The second-order valence-corrected chi connectivity index (χ2v) is 10.1. The number of anilines is 1. The first-order valence-electron chi connectivity index (χ1n) is 9.41. The van der Waals surface area contributed by atoms with Gasteiger partial charge < -0.3 is 10.1 Å². The SMILES string of the molecule is COc1ccc(NC(=O)C2CCN(S(=O)(=O)c3cccs3)CC2)c2ccccc12. The summed E-state index contributed by atoms with van der Waals surface area (Å²) < 4.78 is 32.5. The normalized spacial score (nSPS) is 16.0. The van der Waals surface area contributed by atoms with Crippen molar-refractivity contribution < 1.29 is 17.9 Å². The highest BCUT2D eigenvalue weighted by molar-refractivity contribution is 7.91. The van der Waals surface area contributed by atoms with Crippen molar-refractivity contribution in [1.82, 2.24) is 4.31 Å². The van der Waals surface area contributed by atoms with Crippen LogP contribution < -0.4 is 10.1 Å². The molecule has 0 spiro atoms. The number of methoxy groups -OCH3 is 1. The van der Waals surface area contributed by atoms with E-state index in [-0.39, 0.29) is 11.8 Å². The Kier molecular flexibility index (Phi) is 5.58. The molecule has 152 valence electrons. The third-order valence-corrected chi connectivity index (χ3v) is 8.55. The van der Waals surface area contributed by atoms with Crippen LogP contribution in [0.15, 0.2) is 58.1 Å². The van der Waals surface area contributed by atoms with E-state index in [4.69, 9.17) is 4.74 Å². The summed E-state index contributed by atoms with van der Waals surface area (Å²) in [5, 5.41) is 6.63. The molecule has 0 aliphatic carbocycles. The van der Waals surface area contributed by atoms with E-state index >= 15 is 0 Å². The summed E-state index contributed by atoms with van der Waals surface area (Å²) in [6, 6.07) is 14.8. The van der Waals surface area contributed by atoms with Gasteiger partial charge in [-0.1, -0.05) is 30.3 Å². The predicted molar refractivity (Wildman–Crippen MR) is 115 cm³/mol. The first kappa shape index (κ1) is 19.9. The van der Waals surface area contributed by atoms with Gasteiger partial charge in [-0.15, -0.1) is 11.3 Å². The lowest BCUT2D eigenvalue weighted by Crippen LogP contribution is -2.41. The highest BCUT2D eigenvalue weighted by atomic mass is 32.2. The van der Waals surface area contributed by atoms with Gasteiger partial charge in [-0.05, 0) is 36.4 Å². The molecule has 1 saturated heterocycles. The zero-order valence-electron chi connectivity index (χ0n) is 16.0. The third kappa shape index (κ3) is 3.88. The van der Waals surface area contributed by atoms with E-state index in [1.54, 1.807) is 24.6 Å². The van der Waals surface area contributed by atoms with Crippen molar-refractivity contribution in [3.8, 4) is 5.75 Å². The second-order valence-electron chi connectivity index (χ2n) is 6.96. The van der Waals surface area contributed by atoms with Crippen LogP contribution in [-0.2, 0) is 14.8 Å². The van der Waals surface area contributed by atoms with Gasteiger partial charge in [-0.3, -0.25) is 4.79 Å². The van der Waals surface area contributed by atoms with Gasteiger partial charge in [0, 0.05) is 35.5 Å². The zero-order chi connectivity index (χ0) is 20.4. The molecule has 0 bridgehead atoms. The second kappa shape index (κ2) is 8.14. The monoisotopic (exact) mass is 430 g/mol. The van der Waals surface area contributed by atoms with E-state index in [0.717, 1.165) is 22.2 Å². The van der Waals surface area contributed by atoms with Gasteiger partial charge >= 0.3 is 0 Å². The highest BCUT2D eigenvalue weighted by Gasteiger charge is 2.32. The number of piperidine rings is 1. The average Bonchev–Trinajstić information content (AvgIpc) is 3.30. The lowest BCUT2D eigenvalue weighted by atomic mass is 9.97. The zero-order valence-corrected chi connectivity index (χ0v) is 17.6. The smallest absolute Gasteiger partial charge is 0.252 e. The van der Waals surface area contributed by atoms with Crippen LogP contribution in [0.4, 0.5) is 5.69 Å². The topological polar surface area (TPSA) is 75.7 Å². The maximum atomic E-state index is 12.8. The summed E-state index contributed by atoms with van der Waals surface area (Å²) in [6.07, 6.45) is 1.01. The Bertz CT molecular complexity index is 1120. The number of hydrogen-bond acceptors (Lipinski definition) is 5. The molecular formula is C21H22N2O4S2. The fourth-order valence-electron chi connectivity index (χ4n) is 3.69. The summed E-state index contributed by atoms with van der Waals surface area (Å²) in [5.74, 6) is 0.463. The van der Waals surface area contributed by atoms with E-state index in [1.165, 1.54) is 15.6 Å². The van der Waals surface area contributed by atoms with Crippen molar-refractivity contribution in [3.05, 3.63) is 53.9 Å². The standard InChI is InChI=1S/C21H22N2O4S2/c1-27-19-9-8-18(16-5-2-3-6-17(16)19)22-21(24)15-10-12-23(13-11-15)29(25,26)20-7-4-14-28-20/h2-9,14-15H,10-13H2,1H3,(H,22,24). The lowest BCUT2D eigenvalue weighted by molar-refractivity contribution is -0.120. The Morgan fingerprint density at radius 2 is 1.79 bits per heavy atom. The Labute approximate surface area is 174 Å². The van der Waals surface area contributed by atoms with Gasteiger partial charge in [0.2, 0.25) is 5.91 Å². The molecule has 6 nitrogen and oxygen atoms in total. The van der Waals surface area contributed by atoms with E-state index in [0.29, 0.717) is 30.1 Å². The van der Waals surface area contributed by atoms with Crippen molar-refractivity contribution in [2.45, 2.75) is 17.1 Å². The third-order valence-electron chi connectivity index (χ3n) is 5.28. The first-order chi connectivity index (χ1) is 14.0. The number of fused-ring (bicyclic) bond motifs is 1. The summed E-state index contributed by atoms with van der Waals surface area (Å²) in [6.45, 7) is 0.698. The summed E-state index contributed by atoms with van der Waals surface area (Å²) in [7, 11) is -1.83. The molecule has 4 rings (SSSR count). The number of rotatable bonds is 5. The molecule has 29 heavy (non-hydrogen) atoms. The van der Waals surface area contributed by atoms with Gasteiger partial charge in [0.05, 0.1) is 7.11 Å². The molecular weight excluding hydrogens is 408 g/mol. The van der Waals surface area contributed by atoms with Crippen LogP contribution in [0.2, 0.25) is 0 Å². The van der Waals surface area contributed by atoms with Crippen LogP contribution in [0, 0.1) is 5.92 Å². The number of nitrogens with one attached hydrogen (secondary N) is 1. The van der Waals surface area contributed by atoms with E-state index in [2.05, 4.69) is 5.32 Å². The number of nitrogens with zero attached hydrogens (tertiary/aromatic N) is 1. The number of hydrogen-bond donors (Lipinski definition) is 1. The van der Waals surface area contributed by atoms with Crippen molar-refractivity contribution in [1.29, 1.82) is 0 Å². The van der Waals surface area contributed by atoms with Gasteiger partial charge in [0.25, 0.3) is 10.0 Å². The molecule has 0 atom stereocenters. The summed E-state index contributed by atoms with van der Waals surface area (Å²) >= 11 is 1.22. The Hall–Kier alpha value is -2.42. The fourth-order valence-corrected chi connectivity index (χ4v) is 6.30. The molecule has 0 saturated carbocycles. The van der Waals surface area contributed by atoms with Crippen LogP contribution in [0.25, 0.3) is 10.8 Å². The van der Waals surface area contributed by atoms with Crippen molar-refractivity contribution in [2.75, 3.05) is 25.5 Å². The number of carbonyl (C=O) groups is 1. The fraction of sp³-hybridized carbons (Fsp3) is 0.286. The number of thiophene rings is 1. The molecule has 3 aromatic rings. The molecule has 1 fully saturated rings. The Morgan fingerprint density at radius 1 is 1.07 bits per heavy atom. The largest absolute Gasteiger partial charge is 0.496 e. The summed E-state index contributed by atoms with van der Waals surface area (Å²) in [4.78, 5) is 12.8. The van der Waals surface area contributed by atoms with Crippen LogP contribution in [0.1, 0.15) is 12.8 Å². The number of sulfonamides is 1. The van der Waals surface area contributed by atoms with Crippen LogP contribution in [0.5, 0.6) is 5.75 Å². The van der Waals surface area contributed by atoms with E-state index in [9.17, 15) is 13.2 Å². The van der Waals surface area contributed by atoms with Gasteiger partial charge in [-0.25, -0.2) is 8.42 Å². The van der Waals surface area contributed by atoms with E-state index < -0.39 is 10.0 Å². The van der Waals surface area contributed by atoms with Crippen molar-refractivity contribution >= 4 is 43.7 Å². The van der Waals surface area contributed by atoms with Crippen molar-refractivity contribution in [2.24, 2.45) is 5.92 Å². The molecule has 2 aromatic carbocycles. The van der Waals surface area contributed by atoms with Gasteiger partial charge in [-0.2, -0.15) is 4.31 Å². The quantitative estimate of drug-likeness (QED) is 0.665. The maximum absolute atomic E-state index is 12.8. The number of ether oxygens (including phenoxy) is 1. The molecule has 0 unspecified atom stereocenters. The van der Waals surface area contributed by atoms with Crippen LogP contribution in [-0.4, -0.2) is 38.8 Å². The predicted octanol–water partition coefficient (Wildman–Crippen LogP) is 3.95. The van der Waals surface area contributed by atoms with Crippen molar-refractivity contribution in [3.63, 3.8) is 0 Å². The Morgan fingerprint density at radius 3 is 2.45 bits per heavy atom. The number of carbonyl (C=O) groups excluding carboxylic acids is 1. The van der Waals surface area contributed by atoms with Gasteiger partial charge in [0.1, 0.15) is 9.96 Å². The van der Waals surface area contributed by atoms with Crippen LogP contribution in [0.3, 0.4) is 0 Å². The molecule has 1 aromatic heterocycles. The Balaban J connectivity index is 1.45. The molecule has 2 heterocycles. The minimum absolute atomic E-state index is 0.0755. The molecule has 1 N–H and O–H groups in total. The van der Waals surface area contributed by atoms with Gasteiger partial charge in [0.15, 0.2) is 0 Å². The maximum Gasteiger partial charge on any atom is 0.252 e.